The smallest absolute Gasteiger partial charge is 0.350 e. The minimum Gasteiger partial charge on any atom is -0.469 e. The second-order valence-electron chi connectivity index (χ2n) is 26.0. The molecule has 11 atom stereocenters. The molecule has 2 saturated carbocycles. The zero-order valence-corrected chi connectivity index (χ0v) is 54.7. The predicted octanol–water partition coefficient (Wildman–Crippen LogP) is 10.4. The lowest BCUT2D eigenvalue weighted by molar-refractivity contribution is -0.346. The second-order valence-corrected chi connectivity index (χ2v) is 26.0. The van der Waals surface area contributed by atoms with Crippen LogP contribution in [0.5, 0.6) is 0 Å². The Morgan fingerprint density at radius 1 is 0.652 bits per heavy atom. The van der Waals surface area contributed by atoms with Gasteiger partial charge in [-0.15, -0.1) is 0 Å². The Morgan fingerprint density at radius 2 is 1.17 bits per heavy atom. The first-order chi connectivity index (χ1) is 44.0. The van der Waals surface area contributed by atoms with Crippen LogP contribution in [0, 0.1) is 16.7 Å². The van der Waals surface area contributed by atoms with E-state index in [9.17, 15) is 43.8 Å². The molecule has 92 heavy (non-hydrogen) atoms. The van der Waals surface area contributed by atoms with Crippen molar-refractivity contribution in [2.24, 2.45) is 16.7 Å². The van der Waals surface area contributed by atoms with E-state index < -0.39 is 119 Å². The van der Waals surface area contributed by atoms with Crippen molar-refractivity contribution in [3.8, 4) is 0 Å². The number of benzene rings is 3. The van der Waals surface area contributed by atoms with Gasteiger partial charge in [-0.1, -0.05) is 164 Å². The van der Waals surface area contributed by atoms with Crippen LogP contribution in [0.1, 0.15) is 215 Å². The number of ether oxygens (including phenoxy) is 7. The zero-order chi connectivity index (χ0) is 66.6. The quantitative estimate of drug-likeness (QED) is 0.0187. The number of unbranched alkanes of at least 4 members (excludes halogenated alkanes) is 15. The van der Waals surface area contributed by atoms with Gasteiger partial charge >= 0.3 is 35.8 Å². The molecule has 2 amide bonds. The van der Waals surface area contributed by atoms with Gasteiger partial charge in [-0.2, -0.15) is 0 Å². The number of esters is 6. The number of rotatable bonds is 34. The van der Waals surface area contributed by atoms with Crippen LogP contribution >= 0.6 is 0 Å². The SMILES string of the molecule is COC(=O)CCCCCCCCCCCCCCCCC(=O)NCCCCCC(=O)O[C@@H](C(=O)O[C@H]1C[C@@]2(O)[C@@H](OC(=O)c3ccccc3)[C@@H]3[C@]4(OC(C)=O)CO[C@@H]4C[C@H](O)[C@@]3(C)C(=O)[C@H](OC(C)=O)C(=C1C)C2(C)C)[C@@H](NC(=O)c1ccccc1)c1ccccc1. The second kappa shape index (κ2) is 33.5. The highest BCUT2D eigenvalue weighted by molar-refractivity contribution is 5.96. The van der Waals surface area contributed by atoms with Crippen LogP contribution in [0.2, 0.25) is 0 Å². The third-order valence-corrected chi connectivity index (χ3v) is 19.4. The van der Waals surface area contributed by atoms with E-state index in [0.29, 0.717) is 44.2 Å². The molecular formula is C72H96N2O18. The number of aliphatic hydroxyl groups excluding tert-OH is 1. The lowest BCUT2D eigenvalue weighted by atomic mass is 9.44. The van der Waals surface area contributed by atoms with Crippen molar-refractivity contribution in [2.75, 3.05) is 20.3 Å². The van der Waals surface area contributed by atoms with Gasteiger partial charge < -0.3 is 54.0 Å². The van der Waals surface area contributed by atoms with Crippen LogP contribution in [0.4, 0.5) is 0 Å². The monoisotopic (exact) mass is 1280 g/mol. The Labute approximate surface area is 540 Å². The first-order valence-corrected chi connectivity index (χ1v) is 33.0. The zero-order valence-electron chi connectivity index (χ0n) is 54.7. The van der Waals surface area contributed by atoms with Gasteiger partial charge in [0.15, 0.2) is 17.5 Å². The van der Waals surface area contributed by atoms with E-state index in [0.717, 1.165) is 58.8 Å². The maximum Gasteiger partial charge on any atom is 0.350 e. The van der Waals surface area contributed by atoms with Crippen LogP contribution < -0.4 is 10.6 Å². The highest BCUT2D eigenvalue weighted by Gasteiger charge is 2.78. The topological polar surface area (TPSA) is 283 Å². The molecule has 0 spiro atoms. The summed E-state index contributed by atoms with van der Waals surface area (Å²) in [5.74, 6) is -7.99. The van der Waals surface area contributed by atoms with Crippen molar-refractivity contribution in [1.82, 2.24) is 10.6 Å². The van der Waals surface area contributed by atoms with Crippen LogP contribution in [0.25, 0.3) is 0 Å². The Balaban J connectivity index is 1.07. The highest BCUT2D eigenvalue weighted by atomic mass is 16.6. The molecule has 4 N–H and O–H groups in total. The van der Waals surface area contributed by atoms with E-state index in [1.54, 1.807) is 92.7 Å². The van der Waals surface area contributed by atoms with E-state index >= 15 is 9.59 Å². The molecule has 1 saturated heterocycles. The number of carbonyl (C=O) groups is 9. The number of amides is 2. The highest BCUT2D eigenvalue weighted by Crippen LogP contribution is 2.64. The Morgan fingerprint density at radius 3 is 1.71 bits per heavy atom. The van der Waals surface area contributed by atoms with Crippen LogP contribution in [0.15, 0.2) is 102 Å². The molecule has 20 heteroatoms. The summed E-state index contributed by atoms with van der Waals surface area (Å²) < 4.78 is 42.0. The number of carbonyl (C=O) groups excluding carboxylic acids is 9. The molecule has 0 radical (unpaired) electrons. The number of Topliss-reactive ketones (excluding diaryl/α,β-unsaturated/α-hetero) is 1. The summed E-state index contributed by atoms with van der Waals surface area (Å²) in [6, 6.07) is 23.0. The molecule has 3 aromatic rings. The number of fused-ring (bicyclic) bond motifs is 5. The maximum atomic E-state index is 15.9. The van der Waals surface area contributed by atoms with Crippen molar-refractivity contribution in [3.05, 3.63) is 119 Å². The van der Waals surface area contributed by atoms with Crippen molar-refractivity contribution in [1.29, 1.82) is 0 Å². The van der Waals surface area contributed by atoms with Crippen molar-refractivity contribution < 1.29 is 86.5 Å². The van der Waals surface area contributed by atoms with Crippen molar-refractivity contribution in [2.45, 2.75) is 237 Å². The van der Waals surface area contributed by atoms with Gasteiger partial charge in [-0.05, 0) is 80.5 Å². The van der Waals surface area contributed by atoms with Crippen molar-refractivity contribution >= 4 is 53.4 Å². The fourth-order valence-electron chi connectivity index (χ4n) is 14.2. The first-order valence-electron chi connectivity index (χ1n) is 33.0. The van der Waals surface area contributed by atoms with E-state index in [4.69, 9.17) is 33.2 Å². The number of nitrogens with one attached hydrogen (secondary N) is 2. The Kier molecular flexibility index (Phi) is 26.3. The predicted molar refractivity (Wildman–Crippen MR) is 339 cm³/mol. The average molecular weight is 1280 g/mol. The maximum absolute atomic E-state index is 15.9. The summed E-state index contributed by atoms with van der Waals surface area (Å²) in [6.45, 7) is 8.34. The molecule has 1 aliphatic heterocycles. The number of ketones is 1. The summed E-state index contributed by atoms with van der Waals surface area (Å²) in [5.41, 5.74) is -7.44. The third-order valence-electron chi connectivity index (χ3n) is 19.4. The van der Waals surface area contributed by atoms with Gasteiger partial charge in [0.2, 0.25) is 12.0 Å². The Hall–Kier alpha value is -7.29. The van der Waals surface area contributed by atoms with Gasteiger partial charge in [0.1, 0.15) is 30.0 Å². The lowest BCUT2D eigenvalue weighted by Crippen LogP contribution is -2.82. The molecule has 3 fully saturated rings. The molecule has 2 bridgehead atoms. The summed E-state index contributed by atoms with van der Waals surface area (Å²) >= 11 is 0. The van der Waals surface area contributed by atoms with Gasteiger partial charge in [0, 0.05) is 63.5 Å². The van der Waals surface area contributed by atoms with Crippen molar-refractivity contribution in [3.63, 3.8) is 0 Å². The minimum atomic E-state index is -2.48. The van der Waals surface area contributed by atoms with Crippen LogP contribution in [-0.4, -0.2) is 132 Å². The van der Waals surface area contributed by atoms with Crippen LogP contribution in [0.3, 0.4) is 0 Å². The van der Waals surface area contributed by atoms with Gasteiger partial charge in [-0.3, -0.25) is 33.6 Å². The standard InChI is InChI=1S/C72H96N2O18/c1-47-53(45-72(85)65(91-67(83)52-38-28-22-29-39-52)63-70(6,54(77)44-55-71(63,46-87-55)92-49(3)76)64(81)61(88-48(2)75)59(47)69(72,4)5)89-68(84)62(60(50-34-24-20-25-35-50)74-66(82)51-36-26-21-27-37-51)90-58(80)42-32-23-33-43-73-56(78)40-30-18-16-14-12-10-8-9-11-13-15-17-19-31-41-57(79)86-7/h20-22,24-29,34-39,53-55,60-63,65,77,85H,8-19,23,30-33,40-46H2,1-7H3,(H,73,78)(H,74,82)/t53-,54-,55+,60-,61+,62+,63-,65-,70+,71-,72+/m0/s1. The molecule has 3 aromatic carbocycles. The van der Waals surface area contributed by atoms with E-state index in [1.165, 1.54) is 78.0 Å². The Bertz CT molecular complexity index is 3040. The molecule has 0 aromatic heterocycles. The largest absolute Gasteiger partial charge is 0.469 e. The summed E-state index contributed by atoms with van der Waals surface area (Å²) in [4.78, 5) is 125. The molecule has 3 aliphatic carbocycles. The fraction of sp³-hybridized carbons (Fsp3) is 0.597. The molecular weight excluding hydrogens is 1180 g/mol. The third kappa shape index (κ3) is 17.5. The molecule has 0 unspecified atom stereocenters. The average Bonchev–Trinajstić information content (AvgIpc) is 0.671. The molecule has 502 valence electrons. The van der Waals surface area contributed by atoms with Gasteiger partial charge in [-0.25, -0.2) is 9.59 Å². The normalized spacial score (nSPS) is 25.1. The number of hydrogen-bond acceptors (Lipinski definition) is 18. The summed E-state index contributed by atoms with van der Waals surface area (Å²) in [5, 5.41) is 32.3. The summed E-state index contributed by atoms with van der Waals surface area (Å²) in [6.07, 6.45) is 7.02. The molecule has 1 heterocycles. The first kappa shape index (κ1) is 72.1. The van der Waals surface area contributed by atoms with E-state index in [2.05, 4.69) is 10.6 Å². The van der Waals surface area contributed by atoms with Crippen LogP contribution in [-0.2, 0) is 66.7 Å². The number of aliphatic hydroxyl groups is 2. The van der Waals surface area contributed by atoms with Gasteiger partial charge in [0.25, 0.3) is 5.91 Å². The number of methoxy groups -OCH3 is 1. The lowest BCUT2D eigenvalue weighted by Gasteiger charge is -2.67. The van der Waals surface area contributed by atoms with Gasteiger partial charge in [0.05, 0.1) is 36.7 Å². The van der Waals surface area contributed by atoms with E-state index in [-0.39, 0.29) is 53.6 Å². The minimum absolute atomic E-state index is 0.0370. The molecule has 20 nitrogen and oxygen atoms in total. The number of hydrogen-bond donors (Lipinski definition) is 4. The fourth-order valence-corrected chi connectivity index (χ4v) is 14.2. The van der Waals surface area contributed by atoms with E-state index in [1.807, 2.05) is 0 Å². The summed E-state index contributed by atoms with van der Waals surface area (Å²) in [7, 11) is 1.43. The molecule has 4 aliphatic rings. The molecule has 7 rings (SSSR count).